The second kappa shape index (κ2) is 13.5. The van der Waals surface area contributed by atoms with E-state index in [1.165, 1.54) is 65.4 Å². The smallest absolute Gasteiger partial charge is 0.166 e. The summed E-state index contributed by atoms with van der Waals surface area (Å²) in [6.45, 7) is 1.54. The number of hydrogen-bond donors (Lipinski definition) is 0. The quantitative estimate of drug-likeness (QED) is 0.182. The minimum absolute atomic E-state index is 0.111. The Morgan fingerprint density at radius 1 is 0.477 bits per heavy atom. The zero-order valence-electron chi connectivity index (χ0n) is 24.5. The van der Waals surface area contributed by atoms with Gasteiger partial charge < -0.3 is 9.90 Å². The Balaban J connectivity index is 0.000000637. The molecule has 0 radical (unpaired) electrons. The second-order valence-corrected chi connectivity index (χ2v) is 12.5. The lowest BCUT2D eigenvalue weighted by atomic mass is 9.98. The fraction of sp³-hybridized carbons (Fsp3) is 0.0488. The van der Waals surface area contributed by atoms with Crippen molar-refractivity contribution in [3.05, 3.63) is 164 Å². The lowest BCUT2D eigenvalue weighted by molar-refractivity contribution is -0.305. The molecule has 0 saturated carbocycles. The monoisotopic (exact) mass is 588 g/mol. The van der Waals surface area contributed by atoms with Crippen molar-refractivity contribution in [3.63, 3.8) is 0 Å². The number of hydrogen-bond acceptors (Lipinski definition) is 2. The van der Waals surface area contributed by atoms with Crippen molar-refractivity contribution in [1.82, 2.24) is 0 Å². The van der Waals surface area contributed by atoms with Gasteiger partial charge in [0.1, 0.15) is 0 Å². The Hall–Kier alpha value is -5.12. The molecule has 0 N–H and O–H groups in total. The predicted octanol–water partition coefficient (Wildman–Crippen LogP) is 9.57. The fourth-order valence-corrected chi connectivity index (χ4v) is 7.52. The van der Waals surface area contributed by atoms with Gasteiger partial charge in [-0.25, -0.2) is 0 Å². The molecule has 214 valence electrons. The van der Waals surface area contributed by atoms with Crippen molar-refractivity contribution in [2.45, 2.75) is 28.0 Å². The third kappa shape index (κ3) is 6.29. The average molecular weight is 589 g/mol. The van der Waals surface area contributed by atoms with Gasteiger partial charge in [-0.05, 0) is 111 Å². The maximum Gasteiger partial charge on any atom is 0.166 e. The molecule has 0 saturated heterocycles. The van der Waals surface area contributed by atoms with Crippen LogP contribution in [0.2, 0.25) is 0 Å². The normalized spacial score (nSPS) is 10.9. The van der Waals surface area contributed by atoms with Gasteiger partial charge in [0.2, 0.25) is 0 Å². The zero-order valence-corrected chi connectivity index (χ0v) is 25.3. The van der Waals surface area contributed by atoms with E-state index in [-0.39, 0.29) is 17.3 Å². The molecule has 3 heteroatoms. The van der Waals surface area contributed by atoms with Crippen molar-refractivity contribution in [1.29, 1.82) is 0 Å². The standard InChI is InChI=1S/C38H27S.C3H6O2/c1-2-14-32(15-3-1)39(33-24-20-30(21-25-33)37-18-8-12-28-10-4-6-16-35(28)37)34-26-22-31(23-27-34)38-19-9-13-29-11-5-7-17-36(29)38;1-2-3(4)5/h1-27H;2H2,1H3,(H,4,5)/q+1;/p-1. The molecular weight excluding hydrogens is 557 g/mol. The van der Waals surface area contributed by atoms with Gasteiger partial charge in [0, 0.05) is 5.97 Å². The van der Waals surface area contributed by atoms with Crippen LogP contribution in [0.3, 0.4) is 0 Å². The molecule has 7 aromatic carbocycles. The maximum atomic E-state index is 9.26. The minimum atomic E-state index is -0.995. The number of carbonyl (C=O) groups excluding carboxylic acids is 1. The van der Waals surface area contributed by atoms with Gasteiger partial charge in [0.25, 0.3) is 0 Å². The summed E-state index contributed by atoms with van der Waals surface area (Å²) in [6.07, 6.45) is 0.111. The number of carboxylic acids is 1. The van der Waals surface area contributed by atoms with Gasteiger partial charge in [0.05, 0.1) is 10.9 Å². The lowest BCUT2D eigenvalue weighted by Crippen LogP contribution is -2.19. The summed E-state index contributed by atoms with van der Waals surface area (Å²) >= 11 is 0. The Morgan fingerprint density at radius 3 is 1.27 bits per heavy atom. The van der Waals surface area contributed by atoms with Crippen LogP contribution in [0.4, 0.5) is 0 Å². The molecule has 2 nitrogen and oxygen atoms in total. The Morgan fingerprint density at radius 2 is 0.841 bits per heavy atom. The van der Waals surface area contributed by atoms with E-state index in [2.05, 4.69) is 164 Å². The molecule has 0 fully saturated rings. The van der Waals surface area contributed by atoms with Crippen LogP contribution in [-0.2, 0) is 15.7 Å². The number of rotatable bonds is 6. The molecule has 0 aliphatic carbocycles. The van der Waals surface area contributed by atoms with Crippen molar-refractivity contribution in [2.75, 3.05) is 0 Å². The van der Waals surface area contributed by atoms with Crippen molar-refractivity contribution in [3.8, 4) is 22.3 Å². The van der Waals surface area contributed by atoms with E-state index in [9.17, 15) is 9.90 Å². The van der Waals surface area contributed by atoms with Crippen molar-refractivity contribution >= 4 is 38.4 Å². The summed E-state index contributed by atoms with van der Waals surface area (Å²) in [5.74, 6) is -0.995. The van der Waals surface area contributed by atoms with Crippen LogP contribution in [-0.4, -0.2) is 5.97 Å². The molecule has 0 unspecified atom stereocenters. The fourth-order valence-electron chi connectivity index (χ4n) is 5.46. The lowest BCUT2D eigenvalue weighted by Gasteiger charge is -2.11. The number of aliphatic carboxylic acids is 1. The predicted molar refractivity (Wildman–Crippen MR) is 183 cm³/mol. The van der Waals surface area contributed by atoms with E-state index in [4.69, 9.17) is 0 Å². The highest BCUT2D eigenvalue weighted by atomic mass is 32.2. The molecule has 0 aliphatic heterocycles. The topological polar surface area (TPSA) is 40.1 Å². The first-order valence-electron chi connectivity index (χ1n) is 14.8. The molecular formula is C41H32O2S. The molecule has 44 heavy (non-hydrogen) atoms. The zero-order chi connectivity index (χ0) is 30.3. The van der Waals surface area contributed by atoms with Crippen LogP contribution in [0.1, 0.15) is 13.3 Å². The molecule has 0 atom stereocenters. The van der Waals surface area contributed by atoms with Gasteiger partial charge in [-0.3, -0.25) is 0 Å². The van der Waals surface area contributed by atoms with Gasteiger partial charge in [0.15, 0.2) is 14.7 Å². The third-order valence-electron chi connectivity index (χ3n) is 7.65. The van der Waals surface area contributed by atoms with Gasteiger partial charge in [-0.15, -0.1) is 0 Å². The van der Waals surface area contributed by atoms with E-state index in [1.807, 2.05) is 0 Å². The first kappa shape index (κ1) is 29.0. The maximum absolute atomic E-state index is 9.26. The summed E-state index contributed by atoms with van der Waals surface area (Å²) < 4.78 is 0. The van der Waals surface area contributed by atoms with Gasteiger partial charge in [-0.1, -0.05) is 110 Å². The molecule has 0 heterocycles. The number of carbonyl (C=O) groups is 1. The van der Waals surface area contributed by atoms with E-state index in [0.29, 0.717) is 0 Å². The molecule has 0 aromatic heterocycles. The summed E-state index contributed by atoms with van der Waals surface area (Å²) in [5, 5.41) is 14.4. The number of fused-ring (bicyclic) bond motifs is 2. The number of carboxylic acid groups (broad SMARTS) is 1. The van der Waals surface area contributed by atoms with Crippen molar-refractivity contribution < 1.29 is 9.90 Å². The van der Waals surface area contributed by atoms with Crippen LogP contribution in [0.5, 0.6) is 0 Å². The summed E-state index contributed by atoms with van der Waals surface area (Å²) in [4.78, 5) is 13.2. The highest BCUT2D eigenvalue weighted by Gasteiger charge is 2.28. The summed E-state index contributed by atoms with van der Waals surface area (Å²) in [7, 11) is -0.198. The molecule has 0 amide bonds. The Labute approximate surface area is 261 Å². The summed E-state index contributed by atoms with van der Waals surface area (Å²) in [6, 6.07) is 59.6. The molecule has 7 rings (SSSR count). The third-order valence-corrected chi connectivity index (χ3v) is 9.88. The highest BCUT2D eigenvalue weighted by Crippen LogP contribution is 2.36. The largest absolute Gasteiger partial charge is 0.550 e. The van der Waals surface area contributed by atoms with Crippen LogP contribution in [0.25, 0.3) is 43.8 Å². The van der Waals surface area contributed by atoms with E-state index < -0.39 is 5.97 Å². The molecule has 7 aromatic rings. The van der Waals surface area contributed by atoms with Crippen LogP contribution >= 0.6 is 0 Å². The van der Waals surface area contributed by atoms with Gasteiger partial charge >= 0.3 is 0 Å². The van der Waals surface area contributed by atoms with Crippen LogP contribution in [0.15, 0.2) is 178 Å². The van der Waals surface area contributed by atoms with E-state index in [1.54, 1.807) is 0 Å². The molecule has 0 spiro atoms. The van der Waals surface area contributed by atoms with Crippen molar-refractivity contribution in [2.24, 2.45) is 0 Å². The molecule has 0 bridgehead atoms. The Kier molecular flexibility index (Phi) is 8.86. The molecule has 0 aliphatic rings. The first-order valence-corrected chi connectivity index (χ1v) is 16.0. The summed E-state index contributed by atoms with van der Waals surface area (Å²) in [5.41, 5.74) is 5.05. The van der Waals surface area contributed by atoms with E-state index >= 15 is 0 Å². The Bertz CT molecular complexity index is 1880. The van der Waals surface area contributed by atoms with Crippen LogP contribution < -0.4 is 5.11 Å². The first-order chi connectivity index (χ1) is 21.6. The van der Waals surface area contributed by atoms with E-state index in [0.717, 1.165) is 0 Å². The van der Waals surface area contributed by atoms with Gasteiger partial charge in [-0.2, -0.15) is 0 Å². The SMILES string of the molecule is CCC(=O)[O-].c1ccc([S+](c2ccc(-c3cccc4ccccc34)cc2)c2ccc(-c3cccc4ccccc34)cc2)cc1. The van der Waals surface area contributed by atoms with Crippen LogP contribution in [0, 0.1) is 0 Å². The highest BCUT2D eigenvalue weighted by molar-refractivity contribution is 7.97. The number of benzene rings is 7. The minimum Gasteiger partial charge on any atom is -0.550 e. The second-order valence-electron chi connectivity index (χ2n) is 10.4. The average Bonchev–Trinajstić information content (AvgIpc) is 3.09.